The molecule has 0 amide bonds. The van der Waals surface area contributed by atoms with Crippen molar-refractivity contribution in [1.29, 1.82) is 0 Å². The normalized spacial score (nSPS) is 21.4. The van der Waals surface area contributed by atoms with E-state index in [1.807, 2.05) is 6.20 Å². The van der Waals surface area contributed by atoms with Gasteiger partial charge in [-0.05, 0) is 92.9 Å². The molecule has 2 aromatic carbocycles. The molecule has 1 heterocycles. The Morgan fingerprint density at radius 2 is 1.06 bits per heavy atom. The van der Waals surface area contributed by atoms with Crippen LogP contribution in [0.1, 0.15) is 103 Å². The van der Waals surface area contributed by atoms with Gasteiger partial charge in [0, 0.05) is 11.8 Å². The maximum Gasteiger partial charge on any atom is 0.0708 e. The van der Waals surface area contributed by atoms with Gasteiger partial charge in [-0.2, -0.15) is 0 Å². The Balaban J connectivity index is 1.91. The molecule has 0 unspecified atom stereocenters. The average Bonchev–Trinajstić information content (AvgIpc) is 2.80. The van der Waals surface area contributed by atoms with Crippen LogP contribution >= 0.6 is 0 Å². The summed E-state index contributed by atoms with van der Waals surface area (Å²) in [5.41, 5.74) is 12.0. The first-order valence-electron chi connectivity index (χ1n) is 13.1. The van der Waals surface area contributed by atoms with E-state index >= 15 is 0 Å². The van der Waals surface area contributed by atoms with Crippen LogP contribution in [0.4, 0.5) is 0 Å². The third-order valence-electron chi connectivity index (χ3n) is 9.01. The number of hydrogen-bond acceptors (Lipinski definition) is 1. The molecule has 2 aliphatic carbocycles. The Labute approximate surface area is 207 Å². The summed E-state index contributed by atoms with van der Waals surface area (Å²) < 4.78 is 0. The highest BCUT2D eigenvalue weighted by atomic mass is 14.7. The summed E-state index contributed by atoms with van der Waals surface area (Å²) in [5.74, 6) is 0. The molecule has 1 heteroatoms. The molecule has 0 saturated heterocycles. The molecular formula is C33H41N. The smallest absolute Gasteiger partial charge is 0.0708 e. The van der Waals surface area contributed by atoms with Crippen molar-refractivity contribution in [2.75, 3.05) is 0 Å². The van der Waals surface area contributed by atoms with E-state index in [1.54, 1.807) is 22.3 Å². The molecule has 0 saturated carbocycles. The van der Waals surface area contributed by atoms with Gasteiger partial charge in [-0.3, -0.25) is 4.98 Å². The van der Waals surface area contributed by atoms with Gasteiger partial charge in [0.1, 0.15) is 0 Å². The first-order chi connectivity index (χ1) is 15.8. The van der Waals surface area contributed by atoms with Crippen molar-refractivity contribution in [3.63, 3.8) is 0 Å². The van der Waals surface area contributed by atoms with Crippen molar-refractivity contribution in [1.82, 2.24) is 4.98 Å². The van der Waals surface area contributed by atoms with Crippen molar-refractivity contribution >= 4 is 0 Å². The van der Waals surface area contributed by atoms with Crippen LogP contribution in [0, 0.1) is 0 Å². The van der Waals surface area contributed by atoms with Crippen LogP contribution in [0.5, 0.6) is 0 Å². The van der Waals surface area contributed by atoms with Crippen LogP contribution in [0.2, 0.25) is 0 Å². The van der Waals surface area contributed by atoms with Crippen LogP contribution < -0.4 is 0 Å². The average molecular weight is 452 g/mol. The molecule has 0 bridgehead atoms. The van der Waals surface area contributed by atoms with Gasteiger partial charge in [-0.15, -0.1) is 0 Å². The number of fused-ring (bicyclic) bond motifs is 2. The summed E-state index contributed by atoms with van der Waals surface area (Å²) in [6.07, 6.45) is 6.94. The monoisotopic (exact) mass is 451 g/mol. The topological polar surface area (TPSA) is 12.9 Å². The summed E-state index contributed by atoms with van der Waals surface area (Å²) in [5, 5.41) is 0. The standard InChI is InChI=1S/C33H41N/c1-30(2)15-17-32(5,6)28-24(30)21-25-29(33(7,8)18-16-31(25,3)4)27(28)23-14-19-34-26(20-23)22-12-10-9-11-13-22/h9-14,19-21H,15-18H2,1-8H3. The predicted molar refractivity (Wildman–Crippen MR) is 146 cm³/mol. The van der Waals surface area contributed by atoms with E-state index in [-0.39, 0.29) is 21.7 Å². The number of nitrogens with zero attached hydrogens (tertiary/aromatic N) is 1. The maximum atomic E-state index is 4.79. The summed E-state index contributed by atoms with van der Waals surface area (Å²) in [7, 11) is 0. The quantitative estimate of drug-likeness (QED) is 0.378. The minimum Gasteiger partial charge on any atom is -0.256 e. The molecule has 0 spiro atoms. The fraction of sp³-hybridized carbons (Fsp3) is 0.485. The highest BCUT2D eigenvalue weighted by Gasteiger charge is 2.46. The van der Waals surface area contributed by atoms with Gasteiger partial charge >= 0.3 is 0 Å². The van der Waals surface area contributed by atoms with Crippen LogP contribution in [0.15, 0.2) is 54.7 Å². The van der Waals surface area contributed by atoms with Gasteiger partial charge in [0.2, 0.25) is 0 Å². The third-order valence-corrected chi connectivity index (χ3v) is 9.01. The summed E-state index contributed by atoms with van der Waals surface area (Å²) in [4.78, 5) is 4.79. The summed E-state index contributed by atoms with van der Waals surface area (Å²) in [6.45, 7) is 19.7. The van der Waals surface area contributed by atoms with Crippen molar-refractivity contribution in [2.24, 2.45) is 0 Å². The molecule has 34 heavy (non-hydrogen) atoms. The Bertz CT molecular complexity index is 1190. The highest BCUT2D eigenvalue weighted by Crippen LogP contribution is 2.57. The maximum absolute atomic E-state index is 4.79. The number of benzene rings is 2. The van der Waals surface area contributed by atoms with E-state index in [4.69, 9.17) is 4.98 Å². The van der Waals surface area contributed by atoms with Crippen LogP contribution in [-0.2, 0) is 21.7 Å². The number of aromatic nitrogens is 1. The molecule has 0 N–H and O–H groups in total. The predicted octanol–water partition coefficient (Wildman–Crippen LogP) is 9.11. The lowest BCUT2D eigenvalue weighted by Crippen LogP contribution is -2.40. The first-order valence-corrected chi connectivity index (χ1v) is 13.1. The minimum absolute atomic E-state index is 0.142. The molecule has 1 nitrogen and oxygen atoms in total. The Morgan fingerprint density at radius 3 is 1.59 bits per heavy atom. The second kappa shape index (κ2) is 7.54. The highest BCUT2D eigenvalue weighted by molar-refractivity contribution is 5.81. The number of hydrogen-bond donors (Lipinski definition) is 0. The molecule has 2 aliphatic rings. The van der Waals surface area contributed by atoms with Crippen molar-refractivity contribution in [3.8, 4) is 22.4 Å². The van der Waals surface area contributed by atoms with E-state index in [1.165, 1.54) is 42.4 Å². The molecule has 3 aromatic rings. The lowest BCUT2D eigenvalue weighted by Gasteiger charge is -2.49. The summed E-state index contributed by atoms with van der Waals surface area (Å²) in [6, 6.07) is 17.9. The zero-order valence-corrected chi connectivity index (χ0v) is 22.5. The van der Waals surface area contributed by atoms with Gasteiger partial charge in [0.15, 0.2) is 0 Å². The number of rotatable bonds is 2. The molecular weight excluding hydrogens is 410 g/mol. The van der Waals surface area contributed by atoms with Gasteiger partial charge < -0.3 is 0 Å². The lowest BCUT2D eigenvalue weighted by atomic mass is 9.55. The third kappa shape index (κ3) is 3.63. The minimum atomic E-state index is 0.142. The van der Waals surface area contributed by atoms with E-state index in [0.717, 1.165) is 5.69 Å². The molecule has 5 rings (SSSR count). The van der Waals surface area contributed by atoms with Crippen molar-refractivity contribution in [3.05, 3.63) is 77.0 Å². The molecule has 0 fully saturated rings. The molecule has 0 radical (unpaired) electrons. The van der Waals surface area contributed by atoms with Crippen LogP contribution in [0.25, 0.3) is 22.4 Å². The van der Waals surface area contributed by atoms with Crippen LogP contribution in [0.3, 0.4) is 0 Å². The van der Waals surface area contributed by atoms with Gasteiger partial charge in [0.25, 0.3) is 0 Å². The van der Waals surface area contributed by atoms with Gasteiger partial charge in [0.05, 0.1) is 5.69 Å². The van der Waals surface area contributed by atoms with E-state index in [0.29, 0.717) is 0 Å². The summed E-state index contributed by atoms with van der Waals surface area (Å²) >= 11 is 0. The van der Waals surface area contributed by atoms with Crippen molar-refractivity contribution < 1.29 is 0 Å². The first kappa shape index (κ1) is 23.3. The zero-order valence-electron chi connectivity index (χ0n) is 22.5. The largest absolute Gasteiger partial charge is 0.256 e. The Hall–Kier alpha value is -2.41. The second-order valence-corrected chi connectivity index (χ2v) is 13.4. The number of pyridine rings is 1. The fourth-order valence-corrected chi connectivity index (χ4v) is 6.57. The van der Waals surface area contributed by atoms with Gasteiger partial charge in [-0.25, -0.2) is 0 Å². The molecule has 178 valence electrons. The lowest BCUT2D eigenvalue weighted by molar-refractivity contribution is 0.314. The van der Waals surface area contributed by atoms with Crippen molar-refractivity contribution in [2.45, 2.75) is 103 Å². The Kier molecular flexibility index (Phi) is 5.18. The second-order valence-electron chi connectivity index (χ2n) is 13.4. The molecule has 0 aliphatic heterocycles. The SMILES string of the molecule is CC1(C)CCC(C)(C)c2c1cc1c(c2-c2ccnc(-c3ccccc3)c2)C(C)(C)CCC1(C)C. The van der Waals surface area contributed by atoms with Gasteiger partial charge in [-0.1, -0.05) is 91.8 Å². The van der Waals surface area contributed by atoms with E-state index in [9.17, 15) is 0 Å². The molecule has 1 aromatic heterocycles. The Morgan fingerprint density at radius 1 is 0.559 bits per heavy atom. The van der Waals surface area contributed by atoms with E-state index < -0.39 is 0 Å². The zero-order chi connectivity index (χ0) is 24.5. The fourth-order valence-electron chi connectivity index (χ4n) is 6.57. The molecule has 0 atom stereocenters. The van der Waals surface area contributed by atoms with E-state index in [2.05, 4.69) is 104 Å². The van der Waals surface area contributed by atoms with Crippen LogP contribution in [-0.4, -0.2) is 4.98 Å².